The summed E-state index contributed by atoms with van der Waals surface area (Å²) in [5.41, 5.74) is 0.639. The average molecular weight is 355 g/mol. The third kappa shape index (κ3) is 3.05. The summed E-state index contributed by atoms with van der Waals surface area (Å²) in [6.45, 7) is 6.78. The molecule has 1 saturated heterocycles. The number of aromatic nitrogens is 5. The molecule has 26 heavy (non-hydrogen) atoms. The van der Waals surface area contributed by atoms with Crippen molar-refractivity contribution in [2.75, 3.05) is 13.1 Å². The number of piperidine rings is 1. The van der Waals surface area contributed by atoms with Crippen LogP contribution in [-0.2, 0) is 20.1 Å². The molecule has 1 aliphatic heterocycles. The number of carbonyl (C=O) groups is 1. The highest BCUT2D eigenvalue weighted by molar-refractivity contribution is 5.92. The molecule has 3 heterocycles. The smallest absolute Gasteiger partial charge is 0.276 e. The van der Waals surface area contributed by atoms with E-state index in [1.807, 2.05) is 22.7 Å². The second-order valence-corrected chi connectivity index (χ2v) is 7.33. The number of nitrogens with one attached hydrogen (secondary N) is 1. The maximum atomic E-state index is 13.2. The molecular formula is C18H25N7O. The van der Waals surface area contributed by atoms with Crippen molar-refractivity contribution in [3.63, 3.8) is 0 Å². The van der Waals surface area contributed by atoms with Gasteiger partial charge in [-0.1, -0.05) is 11.3 Å². The van der Waals surface area contributed by atoms with Crippen LogP contribution in [0.2, 0.25) is 0 Å². The molecule has 1 amide bonds. The fourth-order valence-corrected chi connectivity index (χ4v) is 4.02. The summed E-state index contributed by atoms with van der Waals surface area (Å²) in [5.74, 6) is 0.816. The maximum Gasteiger partial charge on any atom is 0.276 e. The van der Waals surface area contributed by atoms with E-state index in [1.165, 1.54) is 0 Å². The highest BCUT2D eigenvalue weighted by Crippen LogP contribution is 2.56. The Kier molecular flexibility index (Phi) is 4.36. The van der Waals surface area contributed by atoms with Crippen LogP contribution < -0.4 is 5.32 Å². The van der Waals surface area contributed by atoms with Crippen LogP contribution in [-0.4, -0.2) is 54.5 Å². The first kappa shape index (κ1) is 17.0. The first-order chi connectivity index (χ1) is 12.6. The number of hydrogen-bond donors (Lipinski definition) is 1. The van der Waals surface area contributed by atoms with E-state index in [9.17, 15) is 4.79 Å². The third-order valence-electron chi connectivity index (χ3n) is 5.69. The molecule has 2 aliphatic rings. The van der Waals surface area contributed by atoms with Gasteiger partial charge in [0.15, 0.2) is 5.69 Å². The van der Waals surface area contributed by atoms with Crippen molar-refractivity contribution in [2.24, 2.45) is 12.5 Å². The molecule has 8 heteroatoms. The Balaban J connectivity index is 1.58. The summed E-state index contributed by atoms with van der Waals surface area (Å²) in [6, 6.07) is 0.248. The number of carbonyl (C=O) groups excluding carboxylic acids is 1. The van der Waals surface area contributed by atoms with Crippen LogP contribution in [0, 0.1) is 5.41 Å². The monoisotopic (exact) mass is 355 g/mol. The Hall–Kier alpha value is -2.48. The lowest BCUT2D eigenvalue weighted by Crippen LogP contribution is -2.39. The van der Waals surface area contributed by atoms with Crippen LogP contribution >= 0.6 is 0 Å². The number of imidazole rings is 1. The Morgan fingerprint density at radius 3 is 3.00 bits per heavy atom. The molecule has 2 fully saturated rings. The lowest BCUT2D eigenvalue weighted by molar-refractivity contribution is 0.0679. The van der Waals surface area contributed by atoms with Gasteiger partial charge in [-0.25, -0.2) is 9.67 Å². The molecule has 8 nitrogen and oxygen atoms in total. The minimum Gasteiger partial charge on any atom is -0.337 e. The predicted molar refractivity (Wildman–Crippen MR) is 96.2 cm³/mol. The second kappa shape index (κ2) is 6.68. The molecule has 0 aromatic carbocycles. The van der Waals surface area contributed by atoms with E-state index in [1.54, 1.807) is 23.2 Å². The first-order valence-corrected chi connectivity index (χ1v) is 9.12. The van der Waals surface area contributed by atoms with Crippen LogP contribution in [0.1, 0.15) is 35.6 Å². The van der Waals surface area contributed by atoms with Gasteiger partial charge in [-0.05, 0) is 37.8 Å². The zero-order chi connectivity index (χ0) is 18.1. The maximum absolute atomic E-state index is 13.2. The van der Waals surface area contributed by atoms with E-state index in [0.29, 0.717) is 18.8 Å². The van der Waals surface area contributed by atoms with Gasteiger partial charge in [-0.15, -0.1) is 11.7 Å². The number of hydrogen-bond acceptors (Lipinski definition) is 5. The Bertz CT molecular complexity index is 802. The minimum absolute atomic E-state index is 0.0660. The molecule has 1 N–H and O–H groups in total. The Labute approximate surface area is 152 Å². The van der Waals surface area contributed by atoms with Gasteiger partial charge in [-0.2, -0.15) is 0 Å². The fraction of sp³-hybridized carbons (Fsp3) is 0.556. The van der Waals surface area contributed by atoms with E-state index >= 15 is 0 Å². The van der Waals surface area contributed by atoms with E-state index < -0.39 is 0 Å². The van der Waals surface area contributed by atoms with Gasteiger partial charge in [-0.3, -0.25) is 4.79 Å². The number of aryl methyl sites for hydroxylation is 1. The minimum atomic E-state index is -0.0660. The Morgan fingerprint density at radius 2 is 2.31 bits per heavy atom. The van der Waals surface area contributed by atoms with Crippen LogP contribution in [0.4, 0.5) is 0 Å². The van der Waals surface area contributed by atoms with Crippen molar-refractivity contribution in [2.45, 2.75) is 38.4 Å². The average Bonchev–Trinajstić information content (AvgIpc) is 2.99. The molecule has 4 rings (SSSR count). The first-order valence-electron chi connectivity index (χ1n) is 9.12. The summed E-state index contributed by atoms with van der Waals surface area (Å²) in [5, 5.41) is 11.5. The van der Waals surface area contributed by atoms with Gasteiger partial charge in [0.2, 0.25) is 0 Å². The molecule has 1 unspecified atom stereocenters. The van der Waals surface area contributed by atoms with E-state index in [-0.39, 0.29) is 17.4 Å². The van der Waals surface area contributed by atoms with E-state index in [2.05, 4.69) is 27.2 Å². The van der Waals surface area contributed by atoms with Gasteiger partial charge in [0.1, 0.15) is 5.82 Å². The van der Waals surface area contributed by atoms with Crippen LogP contribution in [0.25, 0.3) is 0 Å². The normalized spacial score (nSPS) is 20.9. The number of nitrogens with zero attached hydrogens (tertiary/aromatic N) is 6. The second-order valence-electron chi connectivity index (χ2n) is 7.33. The van der Waals surface area contributed by atoms with Crippen molar-refractivity contribution < 1.29 is 4.79 Å². The van der Waals surface area contributed by atoms with Crippen molar-refractivity contribution in [1.29, 1.82) is 0 Å². The molecule has 2 aromatic heterocycles. The van der Waals surface area contributed by atoms with Gasteiger partial charge >= 0.3 is 0 Å². The summed E-state index contributed by atoms with van der Waals surface area (Å²) in [6.07, 6.45) is 10.4. The zero-order valence-corrected chi connectivity index (χ0v) is 15.1. The summed E-state index contributed by atoms with van der Waals surface area (Å²) >= 11 is 0. The number of rotatable bonds is 6. The van der Waals surface area contributed by atoms with E-state index in [0.717, 1.165) is 38.2 Å². The highest BCUT2D eigenvalue weighted by Gasteiger charge is 2.58. The topological polar surface area (TPSA) is 80.9 Å². The van der Waals surface area contributed by atoms with Crippen molar-refractivity contribution in [3.8, 4) is 0 Å². The lowest BCUT2D eigenvalue weighted by atomic mass is 9.93. The molecule has 0 radical (unpaired) electrons. The molecule has 1 spiro atoms. The standard InChI is InChI=1S/C18H25N7O/c1-3-9-24-12-14(21-22-24)17(26)25(13-16-20-8-10-23(16)2)15-11-18(15)4-6-19-7-5-18/h3,8,10,12,15,19H,1,4-7,9,11,13H2,2H3. The fourth-order valence-electron chi connectivity index (χ4n) is 4.02. The SMILES string of the molecule is C=CCn1cc(C(=O)N(Cc2nccn2C)C2CC23CCNCC3)nn1. The van der Waals surface area contributed by atoms with Gasteiger partial charge in [0, 0.05) is 25.5 Å². The summed E-state index contributed by atoms with van der Waals surface area (Å²) < 4.78 is 3.60. The van der Waals surface area contributed by atoms with Gasteiger partial charge in [0.05, 0.1) is 19.3 Å². The van der Waals surface area contributed by atoms with Crippen LogP contribution in [0.3, 0.4) is 0 Å². The van der Waals surface area contributed by atoms with Crippen molar-refractivity contribution in [1.82, 2.24) is 34.8 Å². The summed E-state index contributed by atoms with van der Waals surface area (Å²) in [7, 11) is 1.96. The molecule has 1 saturated carbocycles. The highest BCUT2D eigenvalue weighted by atomic mass is 16.2. The number of allylic oxidation sites excluding steroid dienone is 1. The summed E-state index contributed by atoms with van der Waals surface area (Å²) in [4.78, 5) is 19.6. The van der Waals surface area contributed by atoms with Crippen LogP contribution in [0.5, 0.6) is 0 Å². The molecule has 2 aromatic rings. The molecule has 1 aliphatic carbocycles. The third-order valence-corrected chi connectivity index (χ3v) is 5.69. The largest absolute Gasteiger partial charge is 0.337 e. The quantitative estimate of drug-likeness (QED) is 0.782. The number of amides is 1. The predicted octanol–water partition coefficient (Wildman–Crippen LogP) is 0.982. The lowest BCUT2D eigenvalue weighted by Gasteiger charge is -2.29. The van der Waals surface area contributed by atoms with Crippen molar-refractivity contribution >= 4 is 5.91 Å². The van der Waals surface area contributed by atoms with Crippen LogP contribution in [0.15, 0.2) is 31.2 Å². The molecule has 0 bridgehead atoms. The Morgan fingerprint density at radius 1 is 1.50 bits per heavy atom. The van der Waals surface area contributed by atoms with Gasteiger partial charge in [0.25, 0.3) is 5.91 Å². The molecule has 138 valence electrons. The van der Waals surface area contributed by atoms with E-state index in [4.69, 9.17) is 0 Å². The molecule has 1 atom stereocenters. The van der Waals surface area contributed by atoms with Gasteiger partial charge < -0.3 is 14.8 Å². The molecular weight excluding hydrogens is 330 g/mol. The zero-order valence-electron chi connectivity index (χ0n) is 15.1. The van der Waals surface area contributed by atoms with Crippen molar-refractivity contribution in [3.05, 3.63) is 42.8 Å².